The number of hydrogen-bond donors (Lipinski definition) is 1. The minimum absolute atomic E-state index is 0.215. The van der Waals surface area contributed by atoms with Crippen molar-refractivity contribution in [1.29, 1.82) is 0 Å². The van der Waals surface area contributed by atoms with Crippen molar-refractivity contribution in [2.75, 3.05) is 0 Å². The maximum absolute atomic E-state index is 5.77. The predicted octanol–water partition coefficient (Wildman–Crippen LogP) is 3.36. The molecule has 0 bridgehead atoms. The second kappa shape index (κ2) is 2.90. The normalized spacial score (nSPS) is 12.0. The van der Waals surface area contributed by atoms with Gasteiger partial charge in [0.2, 0.25) is 0 Å². The van der Waals surface area contributed by atoms with Gasteiger partial charge in [-0.05, 0) is 18.6 Å². The van der Waals surface area contributed by atoms with E-state index in [1.54, 1.807) is 0 Å². The fourth-order valence-corrected chi connectivity index (χ4v) is 1.12. The van der Waals surface area contributed by atoms with Crippen molar-refractivity contribution in [1.82, 2.24) is 4.98 Å². The zero-order chi connectivity index (χ0) is 8.48. The molecule has 0 aliphatic rings. The lowest BCUT2D eigenvalue weighted by molar-refractivity contribution is 0.493. The molecular weight excluding hydrogens is 158 g/mol. The second-order valence-corrected chi connectivity index (χ2v) is 3.86. The lowest BCUT2D eigenvalue weighted by atomic mass is 9.87. The summed E-state index contributed by atoms with van der Waals surface area (Å²) in [7, 11) is 0. The standard InChI is InChI=1S/C9H14ClN/c1-4-9(2,3)7-5-6-8(10)11-7/h5-6,11H,4H2,1-3H3. The molecule has 1 rings (SSSR count). The summed E-state index contributed by atoms with van der Waals surface area (Å²) >= 11 is 5.77. The Morgan fingerprint density at radius 1 is 1.45 bits per heavy atom. The summed E-state index contributed by atoms with van der Waals surface area (Å²) in [5, 5.41) is 0.724. The zero-order valence-electron chi connectivity index (χ0n) is 7.24. The number of rotatable bonds is 2. The molecule has 0 radical (unpaired) electrons. The average molecular weight is 172 g/mol. The molecule has 1 aromatic rings. The Labute approximate surface area is 72.8 Å². The van der Waals surface area contributed by atoms with Crippen LogP contribution in [-0.2, 0) is 5.41 Å². The molecule has 1 N–H and O–H groups in total. The largest absolute Gasteiger partial charge is 0.349 e. The summed E-state index contributed by atoms with van der Waals surface area (Å²) < 4.78 is 0. The Morgan fingerprint density at radius 2 is 2.09 bits per heavy atom. The van der Waals surface area contributed by atoms with Gasteiger partial charge >= 0.3 is 0 Å². The lowest BCUT2D eigenvalue weighted by Crippen LogP contribution is -2.15. The molecule has 0 saturated heterocycles. The Kier molecular flexibility index (Phi) is 2.28. The molecule has 11 heavy (non-hydrogen) atoms. The molecule has 0 atom stereocenters. The van der Waals surface area contributed by atoms with Crippen LogP contribution in [0.2, 0.25) is 5.15 Å². The number of halogens is 1. The minimum Gasteiger partial charge on any atom is -0.349 e. The number of aromatic amines is 1. The quantitative estimate of drug-likeness (QED) is 0.703. The van der Waals surface area contributed by atoms with E-state index in [1.807, 2.05) is 12.1 Å². The highest BCUT2D eigenvalue weighted by Crippen LogP contribution is 2.26. The molecule has 1 aromatic heterocycles. The Bertz CT molecular complexity index is 237. The minimum atomic E-state index is 0.215. The van der Waals surface area contributed by atoms with Gasteiger partial charge in [-0.3, -0.25) is 0 Å². The van der Waals surface area contributed by atoms with E-state index in [9.17, 15) is 0 Å². The molecule has 2 heteroatoms. The lowest BCUT2D eigenvalue weighted by Gasteiger charge is -2.20. The Morgan fingerprint density at radius 3 is 2.45 bits per heavy atom. The molecule has 0 saturated carbocycles. The van der Waals surface area contributed by atoms with Crippen molar-refractivity contribution in [3.8, 4) is 0 Å². The van der Waals surface area contributed by atoms with Crippen LogP contribution in [0.3, 0.4) is 0 Å². The number of nitrogens with one attached hydrogen (secondary N) is 1. The highest BCUT2D eigenvalue weighted by Gasteiger charge is 2.18. The van der Waals surface area contributed by atoms with Gasteiger partial charge in [0.05, 0.1) is 0 Å². The van der Waals surface area contributed by atoms with Crippen LogP contribution in [0.4, 0.5) is 0 Å². The van der Waals surface area contributed by atoms with E-state index < -0.39 is 0 Å². The molecule has 0 aliphatic heterocycles. The van der Waals surface area contributed by atoms with E-state index in [0.717, 1.165) is 11.6 Å². The van der Waals surface area contributed by atoms with Gasteiger partial charge in [0.1, 0.15) is 5.15 Å². The van der Waals surface area contributed by atoms with Gasteiger partial charge < -0.3 is 4.98 Å². The van der Waals surface area contributed by atoms with Crippen LogP contribution in [-0.4, -0.2) is 4.98 Å². The monoisotopic (exact) mass is 171 g/mol. The Balaban J connectivity index is 2.92. The second-order valence-electron chi connectivity index (χ2n) is 3.46. The first-order valence-electron chi connectivity index (χ1n) is 3.91. The molecule has 1 nitrogen and oxygen atoms in total. The third-order valence-electron chi connectivity index (χ3n) is 2.26. The SMILES string of the molecule is CCC(C)(C)c1ccc(Cl)[nH]1. The van der Waals surface area contributed by atoms with Gasteiger partial charge in [-0.15, -0.1) is 0 Å². The maximum Gasteiger partial charge on any atom is 0.106 e. The van der Waals surface area contributed by atoms with Crippen molar-refractivity contribution < 1.29 is 0 Å². The fraction of sp³-hybridized carbons (Fsp3) is 0.556. The van der Waals surface area contributed by atoms with E-state index in [4.69, 9.17) is 11.6 Å². The molecule has 0 unspecified atom stereocenters. The molecule has 0 aliphatic carbocycles. The third kappa shape index (κ3) is 1.78. The van der Waals surface area contributed by atoms with Gasteiger partial charge in [-0.2, -0.15) is 0 Å². The topological polar surface area (TPSA) is 15.8 Å². The van der Waals surface area contributed by atoms with Gasteiger partial charge in [-0.25, -0.2) is 0 Å². The third-order valence-corrected chi connectivity index (χ3v) is 2.48. The molecule has 0 spiro atoms. The van der Waals surface area contributed by atoms with Crippen molar-refractivity contribution in [3.63, 3.8) is 0 Å². The van der Waals surface area contributed by atoms with Crippen LogP contribution in [0.15, 0.2) is 12.1 Å². The van der Waals surface area contributed by atoms with Crippen LogP contribution < -0.4 is 0 Å². The van der Waals surface area contributed by atoms with Crippen molar-refractivity contribution in [2.24, 2.45) is 0 Å². The molecule has 62 valence electrons. The van der Waals surface area contributed by atoms with Crippen molar-refractivity contribution in [3.05, 3.63) is 23.0 Å². The molecule has 0 aromatic carbocycles. The first-order valence-corrected chi connectivity index (χ1v) is 4.29. The van der Waals surface area contributed by atoms with Crippen LogP contribution in [0.5, 0.6) is 0 Å². The average Bonchev–Trinajstić information content (AvgIpc) is 2.36. The molecule has 1 heterocycles. The van der Waals surface area contributed by atoms with E-state index >= 15 is 0 Å². The fourth-order valence-electron chi connectivity index (χ4n) is 0.954. The van der Waals surface area contributed by atoms with Crippen LogP contribution in [0.1, 0.15) is 32.9 Å². The van der Waals surface area contributed by atoms with E-state index in [1.165, 1.54) is 5.69 Å². The van der Waals surface area contributed by atoms with Crippen molar-refractivity contribution >= 4 is 11.6 Å². The number of aromatic nitrogens is 1. The summed E-state index contributed by atoms with van der Waals surface area (Å²) in [5.74, 6) is 0. The summed E-state index contributed by atoms with van der Waals surface area (Å²) in [6, 6.07) is 3.94. The van der Waals surface area contributed by atoms with Crippen LogP contribution in [0.25, 0.3) is 0 Å². The summed E-state index contributed by atoms with van der Waals surface area (Å²) in [6.45, 7) is 6.58. The Hall–Kier alpha value is -0.430. The zero-order valence-corrected chi connectivity index (χ0v) is 8.00. The first-order chi connectivity index (χ1) is 5.06. The number of hydrogen-bond acceptors (Lipinski definition) is 0. The summed E-state index contributed by atoms with van der Waals surface area (Å²) in [6.07, 6.45) is 1.11. The van der Waals surface area contributed by atoms with Crippen molar-refractivity contribution in [2.45, 2.75) is 32.6 Å². The van der Waals surface area contributed by atoms with E-state index in [2.05, 4.69) is 25.8 Å². The molecular formula is C9H14ClN. The van der Waals surface area contributed by atoms with Gasteiger partial charge in [0.15, 0.2) is 0 Å². The number of H-pyrrole nitrogens is 1. The summed E-state index contributed by atoms with van der Waals surface area (Å²) in [5.41, 5.74) is 1.43. The van der Waals surface area contributed by atoms with Crippen LogP contribution in [0, 0.1) is 0 Å². The van der Waals surface area contributed by atoms with Gasteiger partial charge in [0.25, 0.3) is 0 Å². The maximum atomic E-state index is 5.77. The highest BCUT2D eigenvalue weighted by atomic mass is 35.5. The van der Waals surface area contributed by atoms with E-state index in [0.29, 0.717) is 0 Å². The van der Waals surface area contributed by atoms with Gasteiger partial charge in [-0.1, -0.05) is 32.4 Å². The summed E-state index contributed by atoms with van der Waals surface area (Å²) in [4.78, 5) is 3.13. The van der Waals surface area contributed by atoms with Gasteiger partial charge in [0, 0.05) is 11.1 Å². The smallest absolute Gasteiger partial charge is 0.106 e. The molecule has 0 fully saturated rings. The van der Waals surface area contributed by atoms with Crippen LogP contribution >= 0.6 is 11.6 Å². The predicted molar refractivity (Wildman–Crippen MR) is 49.1 cm³/mol. The molecule has 0 amide bonds. The highest BCUT2D eigenvalue weighted by molar-refractivity contribution is 6.29. The first kappa shape index (κ1) is 8.66. The van der Waals surface area contributed by atoms with E-state index in [-0.39, 0.29) is 5.41 Å².